The molecule has 0 amide bonds. The van der Waals surface area contributed by atoms with Crippen LogP contribution >= 0.6 is 22.6 Å². The number of carbonyl (C=O) groups is 4. The van der Waals surface area contributed by atoms with Crippen molar-refractivity contribution in [3.8, 4) is 0 Å². The van der Waals surface area contributed by atoms with Gasteiger partial charge in [0.25, 0.3) is 0 Å². The van der Waals surface area contributed by atoms with E-state index in [0.29, 0.717) is 0 Å². The van der Waals surface area contributed by atoms with Crippen LogP contribution in [0.5, 0.6) is 0 Å². The zero-order valence-corrected chi connectivity index (χ0v) is 13.3. The average Bonchev–Trinajstić information content (AvgIpc) is 2.25. The Balaban J connectivity index is 3.37. The fourth-order valence-corrected chi connectivity index (χ4v) is 3.14. The van der Waals surface area contributed by atoms with Gasteiger partial charge >= 0.3 is 0 Å². The third-order valence-electron chi connectivity index (χ3n) is 3.45. The first kappa shape index (κ1) is 15.5. The van der Waals surface area contributed by atoms with Gasteiger partial charge in [0.1, 0.15) is 9.34 Å². The standard InChI is InChI=1S/C13H17IO4/c1-6(2)8(15)7-9(16)12(3,4)11(18)13(5,14)10(7)17/h6-7H,1-5H3. The molecule has 1 rings (SSSR count). The topological polar surface area (TPSA) is 68.3 Å². The fraction of sp³-hybridized carbons (Fsp3) is 0.692. The van der Waals surface area contributed by atoms with Crippen molar-refractivity contribution in [2.24, 2.45) is 17.3 Å². The van der Waals surface area contributed by atoms with Gasteiger partial charge in [-0.05, 0) is 20.8 Å². The number of hydrogen-bond donors (Lipinski definition) is 0. The van der Waals surface area contributed by atoms with Gasteiger partial charge in [-0.3, -0.25) is 19.2 Å². The number of halogens is 1. The lowest BCUT2D eigenvalue weighted by Gasteiger charge is -2.39. The van der Waals surface area contributed by atoms with Gasteiger partial charge in [-0.1, -0.05) is 36.4 Å². The molecule has 1 saturated carbocycles. The van der Waals surface area contributed by atoms with E-state index in [0.717, 1.165) is 0 Å². The van der Waals surface area contributed by atoms with Crippen molar-refractivity contribution >= 4 is 45.7 Å². The van der Waals surface area contributed by atoms with Crippen molar-refractivity contribution in [3.63, 3.8) is 0 Å². The summed E-state index contributed by atoms with van der Waals surface area (Å²) in [7, 11) is 0. The zero-order valence-electron chi connectivity index (χ0n) is 11.2. The summed E-state index contributed by atoms with van der Waals surface area (Å²) in [5, 5.41) is 0. The van der Waals surface area contributed by atoms with E-state index < -0.39 is 43.8 Å². The first-order valence-corrected chi connectivity index (χ1v) is 6.89. The average molecular weight is 364 g/mol. The highest BCUT2D eigenvalue weighted by Crippen LogP contribution is 2.41. The Bertz CT molecular complexity index is 416. The van der Waals surface area contributed by atoms with Crippen LogP contribution in [-0.2, 0) is 19.2 Å². The molecule has 0 bridgehead atoms. The molecule has 0 aromatic heterocycles. The Morgan fingerprint density at radius 3 is 1.94 bits per heavy atom. The number of ketones is 4. The van der Waals surface area contributed by atoms with Gasteiger partial charge in [0.15, 0.2) is 23.1 Å². The fourth-order valence-electron chi connectivity index (χ4n) is 2.15. The van der Waals surface area contributed by atoms with E-state index in [4.69, 9.17) is 0 Å². The van der Waals surface area contributed by atoms with Crippen LogP contribution in [0.4, 0.5) is 0 Å². The number of hydrogen-bond acceptors (Lipinski definition) is 4. The van der Waals surface area contributed by atoms with Gasteiger partial charge in [0.05, 0.1) is 5.41 Å². The minimum Gasteiger partial charge on any atom is -0.298 e. The van der Waals surface area contributed by atoms with Crippen LogP contribution in [0, 0.1) is 17.3 Å². The summed E-state index contributed by atoms with van der Waals surface area (Å²) in [4.78, 5) is 48.7. The van der Waals surface area contributed by atoms with E-state index in [2.05, 4.69) is 0 Å². The quantitative estimate of drug-likeness (QED) is 0.426. The maximum atomic E-state index is 12.2. The molecule has 4 nitrogen and oxygen atoms in total. The summed E-state index contributed by atoms with van der Waals surface area (Å²) in [6.07, 6.45) is 0. The van der Waals surface area contributed by atoms with Crippen molar-refractivity contribution in [2.75, 3.05) is 0 Å². The lowest BCUT2D eigenvalue weighted by molar-refractivity contribution is -0.155. The predicted molar refractivity (Wildman–Crippen MR) is 74.6 cm³/mol. The molecule has 2 unspecified atom stereocenters. The minimum absolute atomic E-state index is 0.395. The molecule has 0 aliphatic heterocycles. The van der Waals surface area contributed by atoms with E-state index in [1.54, 1.807) is 36.4 Å². The third-order valence-corrected chi connectivity index (χ3v) is 4.47. The Morgan fingerprint density at radius 2 is 1.56 bits per heavy atom. The van der Waals surface area contributed by atoms with Gasteiger partial charge in [0.2, 0.25) is 0 Å². The molecule has 1 aliphatic carbocycles. The number of rotatable bonds is 2. The molecule has 18 heavy (non-hydrogen) atoms. The van der Waals surface area contributed by atoms with Gasteiger partial charge in [-0.25, -0.2) is 0 Å². The van der Waals surface area contributed by atoms with Crippen molar-refractivity contribution in [2.45, 2.75) is 38.0 Å². The van der Waals surface area contributed by atoms with E-state index in [9.17, 15) is 19.2 Å². The van der Waals surface area contributed by atoms with E-state index in [1.807, 2.05) is 0 Å². The Morgan fingerprint density at radius 1 is 1.11 bits per heavy atom. The molecule has 5 heteroatoms. The maximum Gasteiger partial charge on any atom is 0.173 e. The van der Waals surface area contributed by atoms with Crippen molar-refractivity contribution in [1.82, 2.24) is 0 Å². The second-order valence-corrected chi connectivity index (χ2v) is 7.83. The number of alkyl halides is 1. The Labute approximate surface area is 120 Å². The second kappa shape index (κ2) is 4.51. The summed E-state index contributed by atoms with van der Waals surface area (Å²) in [5.74, 6) is -3.65. The molecule has 0 spiro atoms. The molecule has 1 fully saturated rings. The van der Waals surface area contributed by atoms with Gasteiger partial charge in [0, 0.05) is 5.92 Å². The first-order valence-electron chi connectivity index (χ1n) is 5.81. The molecular weight excluding hydrogens is 347 g/mol. The van der Waals surface area contributed by atoms with Crippen LogP contribution in [0.25, 0.3) is 0 Å². The molecule has 0 saturated heterocycles. The Kier molecular flexibility index (Phi) is 3.87. The number of Topliss-reactive ketones (excluding diaryl/α,β-unsaturated/α-hetero) is 4. The maximum absolute atomic E-state index is 12.2. The summed E-state index contributed by atoms with van der Waals surface area (Å²) >= 11 is 1.75. The van der Waals surface area contributed by atoms with Crippen LogP contribution in [0.3, 0.4) is 0 Å². The molecule has 0 radical (unpaired) electrons. The molecule has 1 aliphatic rings. The lowest BCUT2D eigenvalue weighted by atomic mass is 9.63. The van der Waals surface area contributed by atoms with Gasteiger partial charge in [-0.15, -0.1) is 0 Å². The largest absolute Gasteiger partial charge is 0.298 e. The normalized spacial score (nSPS) is 31.9. The summed E-state index contributed by atoms with van der Waals surface area (Å²) in [5.41, 5.74) is -1.28. The lowest BCUT2D eigenvalue weighted by Crippen LogP contribution is -2.61. The van der Waals surface area contributed by atoms with Gasteiger partial charge in [-0.2, -0.15) is 0 Å². The second-order valence-electron chi connectivity index (χ2n) is 5.68. The monoisotopic (exact) mass is 364 g/mol. The van der Waals surface area contributed by atoms with Crippen molar-refractivity contribution in [3.05, 3.63) is 0 Å². The summed E-state index contributed by atoms with van der Waals surface area (Å²) in [6.45, 7) is 7.75. The molecular formula is C13H17IO4. The number of carbonyl (C=O) groups excluding carboxylic acids is 4. The molecule has 0 heterocycles. The molecule has 2 atom stereocenters. The van der Waals surface area contributed by atoms with Crippen molar-refractivity contribution in [1.29, 1.82) is 0 Å². The van der Waals surface area contributed by atoms with Crippen LogP contribution < -0.4 is 0 Å². The van der Waals surface area contributed by atoms with Crippen molar-refractivity contribution < 1.29 is 19.2 Å². The minimum atomic E-state index is -1.30. The van der Waals surface area contributed by atoms with Crippen LogP contribution in [0.2, 0.25) is 0 Å². The van der Waals surface area contributed by atoms with E-state index in [-0.39, 0.29) is 0 Å². The third kappa shape index (κ3) is 2.06. The highest BCUT2D eigenvalue weighted by atomic mass is 127. The summed E-state index contributed by atoms with van der Waals surface area (Å²) < 4.78 is -1.30. The molecule has 100 valence electrons. The van der Waals surface area contributed by atoms with E-state index >= 15 is 0 Å². The van der Waals surface area contributed by atoms with E-state index in [1.165, 1.54) is 20.8 Å². The zero-order chi connectivity index (χ0) is 14.5. The SMILES string of the molecule is CC(C)C(=O)C1C(=O)C(C)(C)C(=O)C(C)(I)C1=O. The van der Waals surface area contributed by atoms with Crippen LogP contribution in [0.1, 0.15) is 34.6 Å². The first-order chi connectivity index (χ1) is 7.95. The van der Waals surface area contributed by atoms with Crippen LogP contribution in [-0.4, -0.2) is 26.6 Å². The highest BCUT2D eigenvalue weighted by Gasteiger charge is 2.61. The van der Waals surface area contributed by atoms with Gasteiger partial charge < -0.3 is 0 Å². The Hall–Kier alpha value is -0.590. The predicted octanol–water partition coefficient (Wildman–Crippen LogP) is 1.77. The smallest absolute Gasteiger partial charge is 0.173 e. The highest BCUT2D eigenvalue weighted by molar-refractivity contribution is 14.1. The molecule has 0 N–H and O–H groups in total. The van der Waals surface area contributed by atoms with Crippen LogP contribution in [0.15, 0.2) is 0 Å². The molecule has 0 aromatic rings. The molecule has 0 aromatic carbocycles. The summed E-state index contributed by atoms with van der Waals surface area (Å²) in [6, 6.07) is 0.